The minimum absolute atomic E-state index is 0.123. The molecule has 0 bridgehead atoms. The predicted molar refractivity (Wildman–Crippen MR) is 99.6 cm³/mol. The number of carbonyl (C=O) groups excluding carboxylic acids is 1. The van der Waals surface area contributed by atoms with Crippen molar-refractivity contribution in [1.82, 2.24) is 9.97 Å². The zero-order valence-corrected chi connectivity index (χ0v) is 14.7. The van der Waals surface area contributed by atoms with E-state index in [0.717, 1.165) is 11.3 Å². The average molecular weight is 370 g/mol. The smallest absolute Gasteiger partial charge is 0.262 e. The molecule has 1 amide bonds. The van der Waals surface area contributed by atoms with Gasteiger partial charge in [0.1, 0.15) is 11.5 Å². The second-order valence-electron chi connectivity index (χ2n) is 5.32. The highest BCUT2D eigenvalue weighted by Crippen LogP contribution is 2.20. The van der Waals surface area contributed by atoms with Crippen LogP contribution in [0, 0.1) is 0 Å². The van der Waals surface area contributed by atoms with Crippen LogP contribution in [-0.2, 0) is 4.79 Å². The molecule has 0 unspecified atom stereocenters. The molecule has 0 saturated heterocycles. The maximum absolute atomic E-state index is 12.0. The molecular formula is C19H16ClN3O3. The summed E-state index contributed by atoms with van der Waals surface area (Å²) in [7, 11) is 1.59. The highest BCUT2D eigenvalue weighted by molar-refractivity contribution is 6.30. The third kappa shape index (κ3) is 4.70. The lowest BCUT2D eigenvalue weighted by Gasteiger charge is -2.08. The third-order valence-corrected chi connectivity index (χ3v) is 3.68. The van der Waals surface area contributed by atoms with Crippen LogP contribution in [-0.4, -0.2) is 29.6 Å². The van der Waals surface area contributed by atoms with E-state index in [1.54, 1.807) is 43.5 Å². The van der Waals surface area contributed by atoms with Gasteiger partial charge in [0.15, 0.2) is 12.4 Å². The van der Waals surface area contributed by atoms with Gasteiger partial charge in [-0.3, -0.25) is 4.79 Å². The molecule has 0 radical (unpaired) electrons. The summed E-state index contributed by atoms with van der Waals surface area (Å²) >= 11 is 5.96. The SMILES string of the molecule is COc1ccc(OCC(=O)Nc2cnc(-c3cccc(Cl)c3)nc2)cc1. The lowest BCUT2D eigenvalue weighted by Crippen LogP contribution is -2.20. The van der Waals surface area contributed by atoms with E-state index in [1.807, 2.05) is 12.1 Å². The summed E-state index contributed by atoms with van der Waals surface area (Å²) < 4.78 is 10.5. The van der Waals surface area contributed by atoms with Gasteiger partial charge in [0, 0.05) is 10.6 Å². The van der Waals surface area contributed by atoms with E-state index in [-0.39, 0.29) is 12.5 Å². The molecule has 3 aromatic rings. The van der Waals surface area contributed by atoms with E-state index < -0.39 is 0 Å². The molecule has 26 heavy (non-hydrogen) atoms. The van der Waals surface area contributed by atoms with Gasteiger partial charge in [-0.25, -0.2) is 9.97 Å². The van der Waals surface area contributed by atoms with Crippen molar-refractivity contribution < 1.29 is 14.3 Å². The van der Waals surface area contributed by atoms with Crippen molar-refractivity contribution in [3.05, 3.63) is 65.9 Å². The first kappa shape index (κ1) is 17.7. The largest absolute Gasteiger partial charge is 0.497 e. The van der Waals surface area contributed by atoms with E-state index in [4.69, 9.17) is 21.1 Å². The Labute approximate surface area is 155 Å². The van der Waals surface area contributed by atoms with Gasteiger partial charge in [0.25, 0.3) is 5.91 Å². The van der Waals surface area contributed by atoms with Crippen molar-refractivity contribution >= 4 is 23.2 Å². The van der Waals surface area contributed by atoms with Gasteiger partial charge in [0.2, 0.25) is 0 Å². The van der Waals surface area contributed by atoms with Gasteiger partial charge in [-0.2, -0.15) is 0 Å². The molecule has 1 heterocycles. The number of halogens is 1. The van der Waals surface area contributed by atoms with Gasteiger partial charge in [-0.05, 0) is 36.4 Å². The quantitative estimate of drug-likeness (QED) is 0.715. The Morgan fingerprint density at radius 2 is 1.77 bits per heavy atom. The van der Waals surface area contributed by atoms with Crippen molar-refractivity contribution in [2.75, 3.05) is 19.0 Å². The van der Waals surface area contributed by atoms with E-state index in [2.05, 4.69) is 15.3 Å². The molecule has 7 heteroatoms. The molecule has 0 aliphatic carbocycles. The Morgan fingerprint density at radius 1 is 1.08 bits per heavy atom. The minimum Gasteiger partial charge on any atom is -0.497 e. The molecule has 3 rings (SSSR count). The molecule has 0 saturated carbocycles. The molecule has 0 fully saturated rings. The zero-order chi connectivity index (χ0) is 18.4. The number of nitrogens with zero attached hydrogens (tertiary/aromatic N) is 2. The molecule has 0 spiro atoms. The Balaban J connectivity index is 1.55. The summed E-state index contributed by atoms with van der Waals surface area (Å²) in [6, 6.07) is 14.2. The fourth-order valence-corrected chi connectivity index (χ4v) is 2.38. The van der Waals surface area contributed by atoms with Gasteiger partial charge in [0.05, 0.1) is 25.2 Å². The van der Waals surface area contributed by atoms with Crippen LogP contribution >= 0.6 is 11.6 Å². The summed E-state index contributed by atoms with van der Waals surface area (Å²) in [6.45, 7) is -0.123. The van der Waals surface area contributed by atoms with E-state index in [9.17, 15) is 4.79 Å². The maximum Gasteiger partial charge on any atom is 0.262 e. The molecule has 0 atom stereocenters. The summed E-state index contributed by atoms with van der Waals surface area (Å²) in [4.78, 5) is 20.5. The van der Waals surface area contributed by atoms with Crippen molar-refractivity contribution in [3.8, 4) is 22.9 Å². The number of amides is 1. The van der Waals surface area contributed by atoms with Gasteiger partial charge in [-0.15, -0.1) is 0 Å². The number of benzene rings is 2. The van der Waals surface area contributed by atoms with Crippen LogP contribution in [0.2, 0.25) is 5.02 Å². The summed E-state index contributed by atoms with van der Waals surface area (Å²) in [5.74, 6) is 1.52. The van der Waals surface area contributed by atoms with E-state index in [0.29, 0.717) is 22.3 Å². The number of hydrogen-bond acceptors (Lipinski definition) is 5. The molecule has 6 nitrogen and oxygen atoms in total. The van der Waals surface area contributed by atoms with Gasteiger partial charge in [-0.1, -0.05) is 23.7 Å². The first-order valence-electron chi connectivity index (χ1n) is 7.79. The van der Waals surface area contributed by atoms with Crippen LogP contribution in [0.15, 0.2) is 60.9 Å². The average Bonchev–Trinajstić information content (AvgIpc) is 2.67. The normalized spacial score (nSPS) is 10.2. The zero-order valence-electron chi connectivity index (χ0n) is 14.0. The lowest BCUT2D eigenvalue weighted by molar-refractivity contribution is -0.118. The lowest BCUT2D eigenvalue weighted by atomic mass is 10.2. The number of rotatable bonds is 6. The van der Waals surface area contributed by atoms with E-state index in [1.165, 1.54) is 12.4 Å². The standard InChI is InChI=1S/C19H16ClN3O3/c1-25-16-5-7-17(8-6-16)26-12-18(24)23-15-10-21-19(22-11-15)13-3-2-4-14(20)9-13/h2-11H,12H2,1H3,(H,23,24). The number of anilines is 1. The van der Waals surface area contributed by atoms with Crippen LogP contribution in [0.3, 0.4) is 0 Å². The monoisotopic (exact) mass is 369 g/mol. The van der Waals surface area contributed by atoms with Crippen molar-refractivity contribution in [2.45, 2.75) is 0 Å². The molecule has 1 aromatic heterocycles. The topological polar surface area (TPSA) is 73.3 Å². The van der Waals surface area contributed by atoms with Crippen LogP contribution in [0.1, 0.15) is 0 Å². The second-order valence-corrected chi connectivity index (χ2v) is 5.75. The minimum atomic E-state index is -0.306. The molecule has 2 aromatic carbocycles. The van der Waals surface area contributed by atoms with Crippen LogP contribution in [0.5, 0.6) is 11.5 Å². The van der Waals surface area contributed by atoms with Gasteiger partial charge >= 0.3 is 0 Å². The fraction of sp³-hybridized carbons (Fsp3) is 0.105. The van der Waals surface area contributed by atoms with Crippen molar-refractivity contribution in [3.63, 3.8) is 0 Å². The highest BCUT2D eigenvalue weighted by atomic mass is 35.5. The Bertz CT molecular complexity index is 883. The third-order valence-electron chi connectivity index (χ3n) is 3.45. The first-order chi connectivity index (χ1) is 12.6. The summed E-state index contributed by atoms with van der Waals surface area (Å²) in [5, 5.41) is 3.30. The fourth-order valence-electron chi connectivity index (χ4n) is 2.19. The second kappa shape index (κ2) is 8.31. The number of carbonyl (C=O) groups is 1. The Hall–Kier alpha value is -3.12. The number of ether oxygens (including phenoxy) is 2. The Kier molecular flexibility index (Phi) is 5.66. The molecule has 1 N–H and O–H groups in total. The first-order valence-corrected chi connectivity index (χ1v) is 8.16. The van der Waals surface area contributed by atoms with Crippen LogP contribution in [0.25, 0.3) is 11.4 Å². The number of hydrogen-bond donors (Lipinski definition) is 1. The number of aromatic nitrogens is 2. The molecule has 132 valence electrons. The number of methoxy groups -OCH3 is 1. The van der Waals surface area contributed by atoms with Gasteiger partial charge < -0.3 is 14.8 Å². The van der Waals surface area contributed by atoms with Crippen LogP contribution < -0.4 is 14.8 Å². The summed E-state index contributed by atoms with van der Waals surface area (Å²) in [6.07, 6.45) is 3.07. The van der Waals surface area contributed by atoms with Crippen molar-refractivity contribution in [2.24, 2.45) is 0 Å². The predicted octanol–water partition coefficient (Wildman–Crippen LogP) is 3.82. The highest BCUT2D eigenvalue weighted by Gasteiger charge is 2.06. The van der Waals surface area contributed by atoms with E-state index >= 15 is 0 Å². The molecule has 0 aliphatic heterocycles. The molecular weight excluding hydrogens is 354 g/mol. The van der Waals surface area contributed by atoms with Crippen LogP contribution in [0.4, 0.5) is 5.69 Å². The Morgan fingerprint density at radius 3 is 2.42 bits per heavy atom. The maximum atomic E-state index is 12.0. The van der Waals surface area contributed by atoms with Crippen molar-refractivity contribution in [1.29, 1.82) is 0 Å². The molecule has 0 aliphatic rings. The number of nitrogens with one attached hydrogen (secondary N) is 1. The summed E-state index contributed by atoms with van der Waals surface area (Å²) in [5.41, 5.74) is 1.29.